The molecule has 36 heavy (non-hydrogen) atoms. The van der Waals surface area contributed by atoms with Gasteiger partial charge in [0.2, 0.25) is 0 Å². The fourth-order valence-electron chi connectivity index (χ4n) is 5.05. The predicted molar refractivity (Wildman–Crippen MR) is 127 cm³/mol. The molecule has 0 radical (unpaired) electrons. The average molecular weight is 517 g/mol. The minimum absolute atomic E-state index is 0.0495. The standard InChI is InChI=1S/C26H44O10/c1-3-27-7-23(11-31-12-23)19-35-21-25(15-33-16-25)9-29-5-2-6-30-10-26(17-34-18-26)22-36-20-24(8-28-4-1)13-32-14-24/h1-22H2. The Balaban J connectivity index is 1.10. The monoisotopic (exact) mass is 516 g/mol. The largest absolute Gasteiger partial charge is 0.381 e. The molecule has 10 nitrogen and oxygen atoms in total. The maximum atomic E-state index is 6.17. The molecule has 5 saturated heterocycles. The average Bonchev–Trinajstić information content (AvgIpc) is 2.78. The summed E-state index contributed by atoms with van der Waals surface area (Å²) in [4.78, 5) is 0. The SMILES string of the molecule is C1COCC2(COC2)COCC2(COCCCOCC3(COC3)COCC3(COC1)COC3)COC2. The fourth-order valence-corrected chi connectivity index (χ4v) is 5.05. The van der Waals surface area contributed by atoms with E-state index in [0.29, 0.717) is 132 Å². The number of rotatable bonds is 0. The summed E-state index contributed by atoms with van der Waals surface area (Å²) >= 11 is 0. The van der Waals surface area contributed by atoms with Crippen molar-refractivity contribution in [1.82, 2.24) is 0 Å². The summed E-state index contributed by atoms with van der Waals surface area (Å²) in [7, 11) is 0. The summed E-state index contributed by atoms with van der Waals surface area (Å²) in [6, 6.07) is 0. The van der Waals surface area contributed by atoms with Crippen LogP contribution in [0.15, 0.2) is 0 Å². The Hall–Kier alpha value is -0.400. The minimum Gasteiger partial charge on any atom is -0.381 e. The van der Waals surface area contributed by atoms with Crippen molar-refractivity contribution in [3.63, 3.8) is 0 Å². The molecular weight excluding hydrogens is 472 g/mol. The molecule has 5 heterocycles. The van der Waals surface area contributed by atoms with Gasteiger partial charge in [-0.1, -0.05) is 0 Å². The van der Waals surface area contributed by atoms with Crippen LogP contribution in [0, 0.1) is 21.7 Å². The third kappa shape index (κ3) is 6.97. The lowest BCUT2D eigenvalue weighted by Gasteiger charge is -2.44. The van der Waals surface area contributed by atoms with Crippen molar-refractivity contribution in [2.75, 3.05) is 132 Å². The van der Waals surface area contributed by atoms with Crippen LogP contribution in [0.25, 0.3) is 0 Å². The molecule has 0 aliphatic carbocycles. The molecule has 0 amide bonds. The van der Waals surface area contributed by atoms with Gasteiger partial charge in [-0.25, -0.2) is 0 Å². The normalized spacial score (nSPS) is 32.0. The van der Waals surface area contributed by atoms with Gasteiger partial charge in [-0.2, -0.15) is 0 Å². The summed E-state index contributed by atoms with van der Waals surface area (Å²) in [5.74, 6) is 0. The zero-order valence-electron chi connectivity index (χ0n) is 21.6. The zero-order chi connectivity index (χ0) is 24.6. The molecule has 5 aliphatic rings. The third-order valence-corrected chi connectivity index (χ3v) is 7.69. The van der Waals surface area contributed by atoms with Gasteiger partial charge in [0.1, 0.15) is 0 Å². The Morgan fingerprint density at radius 1 is 0.222 bits per heavy atom. The predicted octanol–water partition coefficient (Wildman–Crippen LogP) is 0.946. The number of ether oxygens (including phenoxy) is 10. The van der Waals surface area contributed by atoms with E-state index in [4.69, 9.17) is 47.4 Å². The fraction of sp³-hybridized carbons (Fsp3) is 1.00. The highest BCUT2D eigenvalue weighted by Gasteiger charge is 2.44. The van der Waals surface area contributed by atoms with Gasteiger partial charge >= 0.3 is 0 Å². The Kier molecular flexibility index (Phi) is 9.54. The van der Waals surface area contributed by atoms with Crippen LogP contribution >= 0.6 is 0 Å². The molecule has 0 bridgehead atoms. The molecule has 5 rings (SSSR count). The minimum atomic E-state index is -0.0495. The summed E-state index contributed by atoms with van der Waals surface area (Å²) in [6.07, 6.45) is 1.70. The van der Waals surface area contributed by atoms with Gasteiger partial charge in [0.05, 0.1) is 127 Å². The highest BCUT2D eigenvalue weighted by molar-refractivity contribution is 4.90. The van der Waals surface area contributed by atoms with Crippen molar-refractivity contribution in [1.29, 1.82) is 0 Å². The summed E-state index contributed by atoms with van der Waals surface area (Å²) in [6.45, 7) is 13.2. The Labute approximate surface area is 214 Å². The van der Waals surface area contributed by atoms with Crippen LogP contribution in [-0.4, -0.2) is 132 Å². The molecule has 4 spiro atoms. The second kappa shape index (κ2) is 12.6. The van der Waals surface area contributed by atoms with E-state index in [1.165, 1.54) is 0 Å². The lowest BCUT2D eigenvalue weighted by molar-refractivity contribution is -0.215. The molecule has 0 aromatic rings. The highest BCUT2D eigenvalue weighted by atomic mass is 16.6. The first kappa shape index (κ1) is 27.2. The van der Waals surface area contributed by atoms with Gasteiger partial charge in [-0.15, -0.1) is 0 Å². The zero-order valence-corrected chi connectivity index (χ0v) is 21.6. The molecule has 0 N–H and O–H groups in total. The van der Waals surface area contributed by atoms with Gasteiger partial charge in [-0.05, 0) is 12.8 Å². The molecule has 208 valence electrons. The van der Waals surface area contributed by atoms with Crippen molar-refractivity contribution >= 4 is 0 Å². The lowest BCUT2D eigenvalue weighted by atomic mass is 9.86. The van der Waals surface area contributed by atoms with Crippen LogP contribution in [0.5, 0.6) is 0 Å². The van der Waals surface area contributed by atoms with Gasteiger partial charge in [0.15, 0.2) is 0 Å². The molecule has 5 fully saturated rings. The maximum Gasteiger partial charge on any atom is 0.0637 e. The Bertz CT molecular complexity index is 549. The van der Waals surface area contributed by atoms with Gasteiger partial charge in [0.25, 0.3) is 0 Å². The van der Waals surface area contributed by atoms with E-state index >= 15 is 0 Å². The number of hydrogen-bond donors (Lipinski definition) is 0. The van der Waals surface area contributed by atoms with E-state index < -0.39 is 0 Å². The van der Waals surface area contributed by atoms with Crippen LogP contribution in [0.1, 0.15) is 12.8 Å². The van der Waals surface area contributed by atoms with Crippen molar-refractivity contribution in [2.45, 2.75) is 12.8 Å². The second-order valence-corrected chi connectivity index (χ2v) is 11.9. The quantitative estimate of drug-likeness (QED) is 0.463. The maximum absolute atomic E-state index is 6.17. The van der Waals surface area contributed by atoms with E-state index in [0.717, 1.165) is 12.8 Å². The summed E-state index contributed by atoms with van der Waals surface area (Å²) in [5, 5.41) is 0. The Morgan fingerprint density at radius 2 is 0.389 bits per heavy atom. The molecule has 0 aromatic carbocycles. The van der Waals surface area contributed by atoms with Crippen molar-refractivity contribution < 1.29 is 47.4 Å². The van der Waals surface area contributed by atoms with E-state index in [9.17, 15) is 0 Å². The van der Waals surface area contributed by atoms with Gasteiger partial charge < -0.3 is 47.4 Å². The summed E-state index contributed by atoms with van der Waals surface area (Å²) < 4.78 is 58.3. The second-order valence-electron chi connectivity index (χ2n) is 11.9. The van der Waals surface area contributed by atoms with E-state index in [2.05, 4.69) is 0 Å². The third-order valence-electron chi connectivity index (χ3n) is 7.69. The smallest absolute Gasteiger partial charge is 0.0637 e. The molecule has 0 saturated carbocycles. The van der Waals surface area contributed by atoms with Crippen LogP contribution in [0.3, 0.4) is 0 Å². The first-order valence-corrected chi connectivity index (χ1v) is 13.4. The molecule has 0 unspecified atom stereocenters. The van der Waals surface area contributed by atoms with Gasteiger partial charge in [0, 0.05) is 26.4 Å². The lowest BCUT2D eigenvalue weighted by Crippen LogP contribution is -2.53. The molecule has 0 aromatic heterocycles. The van der Waals surface area contributed by atoms with Crippen LogP contribution < -0.4 is 0 Å². The molecular formula is C26H44O10. The molecule has 10 heteroatoms. The van der Waals surface area contributed by atoms with E-state index in [-0.39, 0.29) is 21.7 Å². The first-order chi connectivity index (χ1) is 17.7. The molecule has 0 atom stereocenters. The molecule has 5 aliphatic heterocycles. The summed E-state index contributed by atoms with van der Waals surface area (Å²) in [5.41, 5.74) is -0.198. The van der Waals surface area contributed by atoms with Crippen molar-refractivity contribution in [3.05, 3.63) is 0 Å². The number of hydrogen-bond acceptors (Lipinski definition) is 10. The van der Waals surface area contributed by atoms with Gasteiger partial charge in [-0.3, -0.25) is 0 Å². The Morgan fingerprint density at radius 3 is 0.583 bits per heavy atom. The highest BCUT2D eigenvalue weighted by Crippen LogP contribution is 2.34. The van der Waals surface area contributed by atoms with E-state index in [1.54, 1.807) is 0 Å². The first-order valence-electron chi connectivity index (χ1n) is 13.4. The van der Waals surface area contributed by atoms with Crippen LogP contribution in [-0.2, 0) is 47.4 Å². The van der Waals surface area contributed by atoms with Crippen molar-refractivity contribution in [2.24, 2.45) is 21.7 Å². The van der Waals surface area contributed by atoms with Crippen molar-refractivity contribution in [3.8, 4) is 0 Å². The van der Waals surface area contributed by atoms with Crippen LogP contribution in [0.2, 0.25) is 0 Å². The van der Waals surface area contributed by atoms with Crippen LogP contribution in [0.4, 0.5) is 0 Å². The topological polar surface area (TPSA) is 92.3 Å². The van der Waals surface area contributed by atoms with E-state index in [1.807, 2.05) is 0 Å².